The van der Waals surface area contributed by atoms with E-state index in [1.165, 1.54) is 11.3 Å². The SMILES string of the molecule is CC(C)Oc1ccc(-c2nnc(-c3cccc4c3CCC[C@@H]4NS(=O)(=O)C3CC3)s2)cc1C#N. The monoisotopic (exact) mass is 494 g/mol. The number of hydrogen-bond donors (Lipinski definition) is 1. The van der Waals surface area contributed by atoms with Gasteiger partial charge in [-0.25, -0.2) is 13.1 Å². The largest absolute Gasteiger partial charge is 0.490 e. The number of hydrogen-bond acceptors (Lipinski definition) is 7. The summed E-state index contributed by atoms with van der Waals surface area (Å²) in [7, 11) is -3.27. The van der Waals surface area contributed by atoms with Crippen molar-refractivity contribution in [2.45, 2.75) is 63.3 Å². The Labute approximate surface area is 203 Å². The zero-order chi connectivity index (χ0) is 23.9. The van der Waals surface area contributed by atoms with Crippen molar-refractivity contribution in [1.29, 1.82) is 5.26 Å². The van der Waals surface area contributed by atoms with E-state index in [9.17, 15) is 13.7 Å². The van der Waals surface area contributed by atoms with Crippen molar-refractivity contribution in [3.05, 3.63) is 53.1 Å². The standard InChI is InChI=1S/C25H26N4O3S2/c1-15(2)32-23-12-9-16(13-17(23)14-26)24-27-28-25(33-24)21-7-3-6-20-19(21)5-4-8-22(20)29-34(30,31)18-10-11-18/h3,6-7,9,12-13,15,18,22,29H,4-5,8,10-11H2,1-2H3/t22-/m0/s1. The molecule has 0 amide bonds. The van der Waals surface area contributed by atoms with Gasteiger partial charge in [-0.1, -0.05) is 29.5 Å². The van der Waals surface area contributed by atoms with Gasteiger partial charge in [0.05, 0.1) is 16.9 Å². The first-order valence-corrected chi connectivity index (χ1v) is 13.9. The Hall–Kier alpha value is -2.80. The van der Waals surface area contributed by atoms with E-state index in [1.54, 1.807) is 12.1 Å². The molecule has 3 aromatic rings. The van der Waals surface area contributed by atoms with Crippen molar-refractivity contribution >= 4 is 21.4 Å². The molecule has 1 fully saturated rings. The molecule has 2 aromatic carbocycles. The first-order valence-electron chi connectivity index (χ1n) is 11.5. The number of nitrogens with one attached hydrogen (secondary N) is 1. The van der Waals surface area contributed by atoms with E-state index >= 15 is 0 Å². The number of benzene rings is 2. The normalized spacial score (nSPS) is 17.9. The third kappa shape index (κ3) is 4.58. The molecule has 1 N–H and O–H groups in total. The first kappa shape index (κ1) is 23.0. The zero-order valence-corrected chi connectivity index (χ0v) is 20.7. The Morgan fingerprint density at radius 3 is 2.68 bits per heavy atom. The zero-order valence-electron chi connectivity index (χ0n) is 19.1. The van der Waals surface area contributed by atoms with Gasteiger partial charge in [0.25, 0.3) is 0 Å². The molecule has 9 heteroatoms. The summed E-state index contributed by atoms with van der Waals surface area (Å²) in [5.74, 6) is 0.558. The topological polar surface area (TPSA) is 105 Å². The van der Waals surface area contributed by atoms with E-state index in [0.29, 0.717) is 11.3 Å². The van der Waals surface area contributed by atoms with Crippen LogP contribution in [0.1, 0.15) is 62.3 Å². The van der Waals surface area contributed by atoms with Crippen LogP contribution >= 0.6 is 11.3 Å². The molecule has 2 aliphatic rings. The van der Waals surface area contributed by atoms with Crippen LogP contribution in [-0.2, 0) is 16.4 Å². The van der Waals surface area contributed by atoms with E-state index in [1.807, 2.05) is 38.1 Å². The highest BCUT2D eigenvalue weighted by Gasteiger charge is 2.38. The highest BCUT2D eigenvalue weighted by molar-refractivity contribution is 7.90. The minimum Gasteiger partial charge on any atom is -0.490 e. The second-order valence-electron chi connectivity index (χ2n) is 9.08. The van der Waals surface area contributed by atoms with Gasteiger partial charge in [-0.3, -0.25) is 0 Å². The minimum absolute atomic E-state index is 0.0204. The summed E-state index contributed by atoms with van der Waals surface area (Å²) in [6.45, 7) is 3.85. The lowest BCUT2D eigenvalue weighted by molar-refractivity contribution is 0.242. The van der Waals surface area contributed by atoms with Crippen LogP contribution in [0.5, 0.6) is 5.75 Å². The summed E-state index contributed by atoms with van der Waals surface area (Å²) in [5.41, 5.74) is 4.45. The molecule has 0 radical (unpaired) electrons. The Bertz CT molecular complexity index is 1370. The predicted molar refractivity (Wildman–Crippen MR) is 132 cm³/mol. The predicted octanol–water partition coefficient (Wildman–Crippen LogP) is 4.99. The number of rotatable bonds is 7. The minimum atomic E-state index is -3.27. The maximum absolute atomic E-state index is 12.6. The van der Waals surface area contributed by atoms with E-state index in [4.69, 9.17) is 4.74 Å². The van der Waals surface area contributed by atoms with Crippen molar-refractivity contribution < 1.29 is 13.2 Å². The fourth-order valence-electron chi connectivity index (χ4n) is 4.40. The fraction of sp³-hybridized carbons (Fsp3) is 0.400. The number of ether oxygens (including phenoxy) is 1. The van der Waals surface area contributed by atoms with Crippen molar-refractivity contribution in [1.82, 2.24) is 14.9 Å². The number of fused-ring (bicyclic) bond motifs is 1. The number of nitriles is 1. The Morgan fingerprint density at radius 1 is 1.15 bits per heavy atom. The van der Waals surface area contributed by atoms with Gasteiger partial charge in [0, 0.05) is 17.2 Å². The lowest BCUT2D eigenvalue weighted by atomic mass is 9.85. The average molecular weight is 495 g/mol. The lowest BCUT2D eigenvalue weighted by Crippen LogP contribution is -2.33. The molecule has 176 valence electrons. The average Bonchev–Trinajstić information content (AvgIpc) is 3.57. The number of aromatic nitrogens is 2. The van der Waals surface area contributed by atoms with Crippen LogP contribution < -0.4 is 9.46 Å². The van der Waals surface area contributed by atoms with Crippen molar-refractivity contribution in [2.24, 2.45) is 0 Å². The smallest absolute Gasteiger partial charge is 0.215 e. The maximum atomic E-state index is 12.6. The van der Waals surface area contributed by atoms with Gasteiger partial charge >= 0.3 is 0 Å². The highest BCUT2D eigenvalue weighted by atomic mass is 32.2. The van der Waals surface area contributed by atoms with Crippen LogP contribution in [-0.4, -0.2) is 30.0 Å². The maximum Gasteiger partial charge on any atom is 0.215 e. The Morgan fingerprint density at radius 2 is 1.94 bits per heavy atom. The molecule has 0 bridgehead atoms. The summed E-state index contributed by atoms with van der Waals surface area (Å²) in [5, 5.41) is 19.7. The van der Waals surface area contributed by atoms with Crippen LogP contribution in [0.3, 0.4) is 0 Å². The third-order valence-electron chi connectivity index (χ3n) is 6.14. The molecule has 2 aliphatic carbocycles. The summed E-state index contributed by atoms with van der Waals surface area (Å²) in [4.78, 5) is 0. The lowest BCUT2D eigenvalue weighted by Gasteiger charge is -2.27. The van der Waals surface area contributed by atoms with Gasteiger partial charge < -0.3 is 4.74 Å². The van der Waals surface area contributed by atoms with E-state index in [0.717, 1.165) is 64.4 Å². The molecule has 5 rings (SSSR count). The summed E-state index contributed by atoms with van der Waals surface area (Å²) >= 11 is 1.47. The van der Waals surface area contributed by atoms with Crippen LogP contribution in [0, 0.1) is 11.3 Å². The molecule has 0 saturated heterocycles. The number of nitrogens with zero attached hydrogens (tertiary/aromatic N) is 3. The molecule has 1 aromatic heterocycles. The van der Waals surface area contributed by atoms with Gasteiger partial charge in [0.2, 0.25) is 10.0 Å². The van der Waals surface area contributed by atoms with Crippen molar-refractivity contribution in [3.8, 4) is 33.0 Å². The van der Waals surface area contributed by atoms with Gasteiger partial charge in [-0.2, -0.15) is 5.26 Å². The molecular formula is C25H26N4O3S2. The van der Waals surface area contributed by atoms with Crippen molar-refractivity contribution in [2.75, 3.05) is 0 Å². The highest BCUT2D eigenvalue weighted by Crippen LogP contribution is 2.40. The summed E-state index contributed by atoms with van der Waals surface area (Å²) in [6.07, 6.45) is 4.07. The first-order chi connectivity index (χ1) is 16.4. The molecule has 0 aliphatic heterocycles. The quantitative estimate of drug-likeness (QED) is 0.496. The van der Waals surface area contributed by atoms with Crippen LogP contribution in [0.4, 0.5) is 0 Å². The van der Waals surface area contributed by atoms with Crippen LogP contribution in [0.15, 0.2) is 36.4 Å². The molecule has 1 saturated carbocycles. The molecule has 1 heterocycles. The van der Waals surface area contributed by atoms with Crippen LogP contribution in [0.25, 0.3) is 21.1 Å². The van der Waals surface area contributed by atoms with E-state index in [-0.39, 0.29) is 17.4 Å². The second-order valence-corrected chi connectivity index (χ2v) is 12.1. The van der Waals surface area contributed by atoms with Crippen molar-refractivity contribution in [3.63, 3.8) is 0 Å². The Kier molecular flexibility index (Phi) is 6.15. The molecule has 0 unspecified atom stereocenters. The fourth-order valence-corrected chi connectivity index (χ4v) is 6.88. The number of sulfonamides is 1. The van der Waals surface area contributed by atoms with Gasteiger partial charge in [-0.05, 0) is 75.3 Å². The molecule has 0 spiro atoms. The molecule has 7 nitrogen and oxygen atoms in total. The van der Waals surface area contributed by atoms with Gasteiger partial charge in [0.15, 0.2) is 0 Å². The second kappa shape index (κ2) is 9.10. The van der Waals surface area contributed by atoms with Gasteiger partial charge in [-0.15, -0.1) is 10.2 Å². The van der Waals surface area contributed by atoms with E-state index in [2.05, 4.69) is 21.0 Å². The van der Waals surface area contributed by atoms with E-state index < -0.39 is 10.0 Å². The molecular weight excluding hydrogens is 468 g/mol. The Balaban J connectivity index is 1.45. The molecule has 1 atom stereocenters. The third-order valence-corrected chi connectivity index (χ3v) is 9.11. The van der Waals surface area contributed by atoms with Gasteiger partial charge in [0.1, 0.15) is 21.8 Å². The summed E-state index contributed by atoms with van der Waals surface area (Å²) < 4.78 is 33.8. The molecule has 34 heavy (non-hydrogen) atoms. The summed E-state index contributed by atoms with van der Waals surface area (Å²) in [6, 6.07) is 13.5. The van der Waals surface area contributed by atoms with Crippen LogP contribution in [0.2, 0.25) is 0 Å².